The maximum absolute atomic E-state index is 11.0. The molecule has 0 aromatic carbocycles. The van der Waals surface area contributed by atoms with E-state index in [0.717, 1.165) is 37.1 Å². The number of carbonyl (C=O) groups excluding carboxylic acids is 1. The minimum atomic E-state index is 0.410. The van der Waals surface area contributed by atoms with Gasteiger partial charge in [-0.1, -0.05) is 6.07 Å². The molecular formula is C13H15N3O. The van der Waals surface area contributed by atoms with Gasteiger partial charge in [-0.25, -0.2) is 4.98 Å². The molecule has 1 N–H and O–H groups in total. The Morgan fingerprint density at radius 1 is 1.47 bits per heavy atom. The number of hydrogen-bond acceptors (Lipinski definition) is 3. The molecule has 88 valence electrons. The third kappa shape index (κ3) is 1.74. The average molecular weight is 229 g/mol. The molecule has 2 aromatic rings. The molecule has 3 rings (SSSR count). The molecule has 0 saturated carbocycles. The van der Waals surface area contributed by atoms with Crippen LogP contribution in [0.1, 0.15) is 35.1 Å². The van der Waals surface area contributed by atoms with Crippen molar-refractivity contribution < 1.29 is 4.79 Å². The number of imidazole rings is 1. The van der Waals surface area contributed by atoms with E-state index in [1.165, 1.54) is 6.42 Å². The first-order valence-electron chi connectivity index (χ1n) is 6.03. The summed E-state index contributed by atoms with van der Waals surface area (Å²) in [5.41, 5.74) is 1.45. The van der Waals surface area contributed by atoms with Crippen LogP contribution in [-0.2, 0) is 0 Å². The first-order valence-corrected chi connectivity index (χ1v) is 6.03. The summed E-state index contributed by atoms with van der Waals surface area (Å²) in [7, 11) is 0. The highest BCUT2D eigenvalue weighted by molar-refractivity contribution is 5.83. The summed E-state index contributed by atoms with van der Waals surface area (Å²) in [6, 6.07) is 5.85. The van der Waals surface area contributed by atoms with Crippen LogP contribution in [-0.4, -0.2) is 28.8 Å². The minimum Gasteiger partial charge on any atom is -0.316 e. The molecule has 1 unspecified atom stereocenters. The first-order chi connectivity index (χ1) is 8.40. The Bertz CT molecular complexity index is 541. The fraction of sp³-hybridized carbons (Fsp3) is 0.385. The van der Waals surface area contributed by atoms with Gasteiger partial charge in [-0.2, -0.15) is 0 Å². The van der Waals surface area contributed by atoms with E-state index in [9.17, 15) is 4.79 Å². The Hall–Kier alpha value is -1.68. The lowest BCUT2D eigenvalue weighted by molar-refractivity contribution is 0.112. The Labute approximate surface area is 99.7 Å². The minimum absolute atomic E-state index is 0.410. The van der Waals surface area contributed by atoms with Gasteiger partial charge in [0.15, 0.2) is 6.29 Å². The number of nitrogens with zero attached hydrogens (tertiary/aromatic N) is 2. The van der Waals surface area contributed by atoms with Crippen LogP contribution in [0.25, 0.3) is 5.52 Å². The Morgan fingerprint density at radius 3 is 3.18 bits per heavy atom. The summed E-state index contributed by atoms with van der Waals surface area (Å²) in [6.07, 6.45) is 5.14. The van der Waals surface area contributed by atoms with Crippen molar-refractivity contribution in [3.05, 3.63) is 35.9 Å². The number of aldehydes is 1. The molecule has 1 aliphatic rings. The van der Waals surface area contributed by atoms with Gasteiger partial charge in [0.05, 0.1) is 5.52 Å². The van der Waals surface area contributed by atoms with Crippen molar-refractivity contribution in [2.24, 2.45) is 0 Å². The van der Waals surface area contributed by atoms with Gasteiger partial charge in [0.25, 0.3) is 0 Å². The topological polar surface area (TPSA) is 46.4 Å². The zero-order valence-electron chi connectivity index (χ0n) is 9.60. The molecular weight excluding hydrogens is 214 g/mol. The predicted octanol–water partition coefficient (Wildman–Crippen LogP) is 1.61. The van der Waals surface area contributed by atoms with Crippen molar-refractivity contribution in [3.8, 4) is 0 Å². The number of pyridine rings is 1. The third-order valence-corrected chi connectivity index (χ3v) is 3.38. The van der Waals surface area contributed by atoms with Gasteiger partial charge < -0.3 is 9.72 Å². The van der Waals surface area contributed by atoms with E-state index in [1.54, 1.807) is 0 Å². The summed E-state index contributed by atoms with van der Waals surface area (Å²) in [5, 5.41) is 3.38. The monoisotopic (exact) mass is 229 g/mol. The zero-order chi connectivity index (χ0) is 11.7. The van der Waals surface area contributed by atoms with E-state index in [1.807, 2.05) is 28.8 Å². The van der Waals surface area contributed by atoms with E-state index in [0.29, 0.717) is 11.6 Å². The van der Waals surface area contributed by atoms with Crippen molar-refractivity contribution in [2.75, 3.05) is 13.1 Å². The van der Waals surface area contributed by atoms with Crippen LogP contribution in [0.3, 0.4) is 0 Å². The molecule has 0 radical (unpaired) electrons. The molecule has 0 aliphatic carbocycles. The predicted molar refractivity (Wildman–Crippen MR) is 65.4 cm³/mol. The molecule has 0 amide bonds. The quantitative estimate of drug-likeness (QED) is 0.796. The lowest BCUT2D eigenvalue weighted by Crippen LogP contribution is -2.29. The van der Waals surface area contributed by atoms with Gasteiger partial charge in [-0.15, -0.1) is 0 Å². The Kier molecular flexibility index (Phi) is 2.65. The summed E-state index contributed by atoms with van der Waals surface area (Å²) in [5.74, 6) is 1.42. The van der Waals surface area contributed by atoms with E-state index in [-0.39, 0.29) is 0 Å². The maximum atomic E-state index is 11.0. The molecule has 2 aromatic heterocycles. The largest absolute Gasteiger partial charge is 0.316 e. The molecule has 4 heteroatoms. The lowest BCUT2D eigenvalue weighted by atomic mass is 9.99. The summed E-state index contributed by atoms with van der Waals surface area (Å²) in [6.45, 7) is 2.03. The first kappa shape index (κ1) is 10.5. The second-order valence-corrected chi connectivity index (χ2v) is 4.47. The Morgan fingerprint density at radius 2 is 2.41 bits per heavy atom. The summed E-state index contributed by atoms with van der Waals surface area (Å²) < 4.78 is 2.04. The molecule has 17 heavy (non-hydrogen) atoms. The van der Waals surface area contributed by atoms with Crippen LogP contribution >= 0.6 is 0 Å². The van der Waals surface area contributed by atoms with Gasteiger partial charge in [-0.3, -0.25) is 4.79 Å². The summed E-state index contributed by atoms with van der Waals surface area (Å²) in [4.78, 5) is 15.5. The van der Waals surface area contributed by atoms with E-state index < -0.39 is 0 Å². The molecule has 1 saturated heterocycles. The molecule has 3 heterocycles. The smallest absolute Gasteiger partial charge is 0.170 e. The van der Waals surface area contributed by atoms with Crippen LogP contribution in [0.5, 0.6) is 0 Å². The highest BCUT2D eigenvalue weighted by Crippen LogP contribution is 2.24. The molecule has 1 atom stereocenters. The van der Waals surface area contributed by atoms with Gasteiger partial charge >= 0.3 is 0 Å². The fourth-order valence-corrected chi connectivity index (χ4v) is 2.53. The normalized spacial score (nSPS) is 20.6. The number of nitrogens with one attached hydrogen (secondary N) is 1. The maximum Gasteiger partial charge on any atom is 0.170 e. The fourth-order valence-electron chi connectivity index (χ4n) is 2.53. The molecule has 0 spiro atoms. The van der Waals surface area contributed by atoms with Gasteiger partial charge in [0.2, 0.25) is 0 Å². The summed E-state index contributed by atoms with van der Waals surface area (Å²) >= 11 is 0. The van der Waals surface area contributed by atoms with Crippen LogP contribution in [0.2, 0.25) is 0 Å². The van der Waals surface area contributed by atoms with E-state index in [4.69, 9.17) is 0 Å². The van der Waals surface area contributed by atoms with Crippen LogP contribution < -0.4 is 5.32 Å². The van der Waals surface area contributed by atoms with Crippen LogP contribution in [0, 0.1) is 0 Å². The second-order valence-electron chi connectivity index (χ2n) is 4.47. The van der Waals surface area contributed by atoms with Crippen molar-refractivity contribution in [2.45, 2.75) is 18.8 Å². The number of rotatable bonds is 2. The number of carbonyl (C=O) groups is 1. The zero-order valence-corrected chi connectivity index (χ0v) is 9.60. The average Bonchev–Trinajstić information content (AvgIpc) is 2.78. The highest BCUT2D eigenvalue weighted by Gasteiger charge is 2.21. The van der Waals surface area contributed by atoms with Crippen molar-refractivity contribution in [1.29, 1.82) is 0 Å². The highest BCUT2D eigenvalue weighted by atomic mass is 16.1. The van der Waals surface area contributed by atoms with Gasteiger partial charge in [-0.05, 0) is 31.5 Å². The lowest BCUT2D eigenvalue weighted by Gasteiger charge is -2.21. The molecule has 4 nitrogen and oxygen atoms in total. The van der Waals surface area contributed by atoms with Gasteiger partial charge in [0, 0.05) is 18.7 Å². The SMILES string of the molecule is O=Cc1nc(C2CCCNC2)n2ccccc12. The molecule has 1 fully saturated rings. The van der Waals surface area contributed by atoms with Crippen molar-refractivity contribution in [3.63, 3.8) is 0 Å². The van der Waals surface area contributed by atoms with Crippen molar-refractivity contribution in [1.82, 2.24) is 14.7 Å². The van der Waals surface area contributed by atoms with Gasteiger partial charge in [0.1, 0.15) is 11.5 Å². The Balaban J connectivity index is 2.11. The van der Waals surface area contributed by atoms with Crippen LogP contribution in [0.4, 0.5) is 0 Å². The molecule has 0 bridgehead atoms. The standard InChI is InChI=1S/C13H15N3O/c17-9-11-12-5-1-2-7-16(12)13(15-11)10-4-3-6-14-8-10/h1-2,5,7,9-10,14H,3-4,6,8H2. The van der Waals surface area contributed by atoms with E-state index in [2.05, 4.69) is 10.3 Å². The number of aromatic nitrogens is 2. The van der Waals surface area contributed by atoms with E-state index >= 15 is 0 Å². The number of piperidine rings is 1. The number of hydrogen-bond donors (Lipinski definition) is 1. The van der Waals surface area contributed by atoms with Crippen LogP contribution in [0.15, 0.2) is 24.4 Å². The second kappa shape index (κ2) is 4.30. The molecule has 1 aliphatic heterocycles. The van der Waals surface area contributed by atoms with Crippen molar-refractivity contribution >= 4 is 11.8 Å². The third-order valence-electron chi connectivity index (χ3n) is 3.38. The number of fused-ring (bicyclic) bond motifs is 1.